The molecule has 212 valence electrons. The van der Waals surface area contributed by atoms with Gasteiger partial charge in [-0.1, -0.05) is 30.3 Å². The van der Waals surface area contributed by atoms with Crippen molar-refractivity contribution in [3.8, 4) is 11.5 Å². The lowest BCUT2D eigenvalue weighted by Crippen LogP contribution is -2.47. The molecule has 0 spiro atoms. The summed E-state index contributed by atoms with van der Waals surface area (Å²) >= 11 is 3.42. The minimum absolute atomic E-state index is 0.0553. The van der Waals surface area contributed by atoms with Gasteiger partial charge in [0.1, 0.15) is 12.6 Å². The lowest BCUT2D eigenvalue weighted by molar-refractivity contribution is -0.145. The molecule has 3 aromatic rings. The fraction of sp³-hybridized carbons (Fsp3) is 0.296. The second kappa shape index (κ2) is 15.9. The molecule has 0 unspecified atom stereocenters. The third kappa shape index (κ3) is 9.73. The number of nitrogens with one attached hydrogen (secondary N) is 3. The van der Waals surface area contributed by atoms with Gasteiger partial charge >= 0.3 is 12.1 Å². The first-order chi connectivity index (χ1) is 19.4. The fourth-order valence-electron chi connectivity index (χ4n) is 3.38. The number of alkyl carbamates (subject to hydrolysis) is 1. The summed E-state index contributed by atoms with van der Waals surface area (Å²) in [7, 11) is 0. The minimum Gasteiger partial charge on any atom is -0.490 e. The van der Waals surface area contributed by atoms with Crippen LogP contribution in [-0.2, 0) is 32.1 Å². The van der Waals surface area contributed by atoms with E-state index in [1.807, 2.05) is 37.3 Å². The summed E-state index contributed by atoms with van der Waals surface area (Å²) in [6.45, 7) is 3.88. The Morgan fingerprint density at radius 2 is 1.90 bits per heavy atom. The fourth-order valence-corrected chi connectivity index (χ4v) is 3.95. The van der Waals surface area contributed by atoms with E-state index >= 15 is 0 Å². The van der Waals surface area contributed by atoms with E-state index < -0.39 is 24.0 Å². The van der Waals surface area contributed by atoms with Crippen LogP contribution in [0.15, 0.2) is 64.6 Å². The number of imidazole rings is 1. The predicted molar refractivity (Wildman–Crippen MR) is 149 cm³/mol. The highest BCUT2D eigenvalue weighted by Crippen LogP contribution is 2.36. The first-order valence-electron chi connectivity index (χ1n) is 12.4. The van der Waals surface area contributed by atoms with Crippen LogP contribution in [0, 0.1) is 0 Å². The molecule has 3 N–H and O–H groups in total. The number of rotatable bonds is 14. The number of carbonyl (C=O) groups is 3. The molecule has 3 rings (SSSR count). The molecule has 0 radical (unpaired) electrons. The van der Waals surface area contributed by atoms with Gasteiger partial charge < -0.3 is 29.2 Å². The van der Waals surface area contributed by atoms with E-state index in [2.05, 4.69) is 41.7 Å². The molecule has 0 aliphatic heterocycles. The Balaban J connectivity index is 1.65. The average Bonchev–Trinajstić information content (AvgIpc) is 3.45. The van der Waals surface area contributed by atoms with Crippen molar-refractivity contribution in [2.75, 3.05) is 19.8 Å². The average molecular weight is 616 g/mol. The molecule has 1 aromatic heterocycles. The first-order valence-corrected chi connectivity index (χ1v) is 13.2. The molecule has 0 saturated heterocycles. The summed E-state index contributed by atoms with van der Waals surface area (Å²) in [5.41, 5.74) is 4.46. The van der Waals surface area contributed by atoms with Gasteiger partial charge in [0.25, 0.3) is 5.91 Å². The second-order valence-corrected chi connectivity index (χ2v) is 8.98. The van der Waals surface area contributed by atoms with Crippen molar-refractivity contribution >= 4 is 40.1 Å². The third-order valence-electron chi connectivity index (χ3n) is 5.16. The van der Waals surface area contributed by atoms with Gasteiger partial charge in [-0.2, -0.15) is 5.10 Å². The van der Waals surface area contributed by atoms with E-state index in [1.54, 1.807) is 25.3 Å². The molecule has 0 saturated carbocycles. The van der Waals surface area contributed by atoms with Crippen molar-refractivity contribution in [1.29, 1.82) is 0 Å². The zero-order valence-corrected chi connectivity index (χ0v) is 23.6. The smallest absolute Gasteiger partial charge is 0.408 e. The standard InChI is InChI=1S/C27H30BrN5O7/c1-3-37-23-11-19(10-21(28)25(23)39-16-24(34)38-4-2)13-31-33-26(35)22(12-20-14-29-17-30-20)32-27(36)40-15-18-8-6-5-7-9-18/h5-11,13-14,17,22H,3-4,12,15-16H2,1-2H3,(H,29,30)(H,32,36)(H,33,35)/b31-13-/t22-/m0/s1. The van der Waals surface area contributed by atoms with Crippen LogP contribution >= 0.6 is 15.9 Å². The largest absolute Gasteiger partial charge is 0.490 e. The molecule has 2 amide bonds. The molecular weight excluding hydrogens is 586 g/mol. The van der Waals surface area contributed by atoms with Gasteiger partial charge in [0.2, 0.25) is 0 Å². The van der Waals surface area contributed by atoms with Crippen molar-refractivity contribution in [3.63, 3.8) is 0 Å². The Kier molecular flexibility index (Phi) is 12.0. The lowest BCUT2D eigenvalue weighted by atomic mass is 10.1. The number of ether oxygens (including phenoxy) is 4. The van der Waals surface area contributed by atoms with Crippen LogP contribution in [0.3, 0.4) is 0 Å². The summed E-state index contributed by atoms with van der Waals surface area (Å²) in [5, 5.41) is 6.60. The Hall–Kier alpha value is -4.39. The third-order valence-corrected chi connectivity index (χ3v) is 5.75. The maximum Gasteiger partial charge on any atom is 0.408 e. The summed E-state index contributed by atoms with van der Waals surface area (Å²) < 4.78 is 21.9. The van der Waals surface area contributed by atoms with E-state index in [1.165, 1.54) is 12.5 Å². The van der Waals surface area contributed by atoms with Gasteiger partial charge in [0.15, 0.2) is 18.1 Å². The number of amides is 2. The van der Waals surface area contributed by atoms with Gasteiger partial charge in [-0.3, -0.25) is 4.79 Å². The maximum absolute atomic E-state index is 12.9. The van der Waals surface area contributed by atoms with E-state index in [0.717, 1.165) is 5.56 Å². The van der Waals surface area contributed by atoms with Crippen LogP contribution < -0.4 is 20.2 Å². The quantitative estimate of drug-likeness (QED) is 0.141. The van der Waals surface area contributed by atoms with Crippen molar-refractivity contribution in [2.24, 2.45) is 5.10 Å². The maximum atomic E-state index is 12.9. The number of nitrogens with zero attached hydrogens (tertiary/aromatic N) is 2. The summed E-state index contributed by atoms with van der Waals surface area (Å²) in [6.07, 6.45) is 3.81. The highest BCUT2D eigenvalue weighted by Gasteiger charge is 2.23. The topological polar surface area (TPSA) is 153 Å². The highest BCUT2D eigenvalue weighted by atomic mass is 79.9. The van der Waals surface area contributed by atoms with E-state index in [-0.39, 0.29) is 26.2 Å². The van der Waals surface area contributed by atoms with E-state index in [9.17, 15) is 14.4 Å². The first kappa shape index (κ1) is 30.2. The lowest BCUT2D eigenvalue weighted by Gasteiger charge is -2.16. The van der Waals surface area contributed by atoms with Crippen LogP contribution in [0.2, 0.25) is 0 Å². The van der Waals surface area contributed by atoms with Gasteiger partial charge in [-0.15, -0.1) is 0 Å². The van der Waals surface area contributed by atoms with Crippen LogP contribution in [0.4, 0.5) is 4.79 Å². The summed E-state index contributed by atoms with van der Waals surface area (Å²) in [5.74, 6) is -0.378. The molecule has 1 atom stereocenters. The number of benzene rings is 2. The van der Waals surface area contributed by atoms with Crippen molar-refractivity contribution in [2.45, 2.75) is 32.9 Å². The Bertz CT molecular complexity index is 1290. The normalized spacial score (nSPS) is 11.5. The number of H-pyrrole nitrogens is 1. The molecular formula is C27H30BrN5O7. The van der Waals surface area contributed by atoms with Crippen molar-refractivity contribution in [3.05, 3.63) is 76.3 Å². The predicted octanol–water partition coefficient (Wildman–Crippen LogP) is 3.50. The molecule has 12 nitrogen and oxygen atoms in total. The molecule has 13 heteroatoms. The number of hydrogen-bond donors (Lipinski definition) is 3. The molecule has 40 heavy (non-hydrogen) atoms. The highest BCUT2D eigenvalue weighted by molar-refractivity contribution is 9.10. The molecule has 0 bridgehead atoms. The Morgan fingerprint density at radius 3 is 2.60 bits per heavy atom. The number of aromatic nitrogens is 2. The monoisotopic (exact) mass is 615 g/mol. The molecule has 2 aromatic carbocycles. The van der Waals surface area contributed by atoms with Crippen LogP contribution in [-0.4, -0.2) is 60.0 Å². The molecule has 1 heterocycles. The van der Waals surface area contributed by atoms with Gasteiger partial charge in [0, 0.05) is 18.3 Å². The number of hydrazone groups is 1. The van der Waals surface area contributed by atoms with Gasteiger partial charge in [-0.05, 0) is 53.0 Å². The van der Waals surface area contributed by atoms with Crippen molar-refractivity contribution in [1.82, 2.24) is 20.7 Å². The summed E-state index contributed by atoms with van der Waals surface area (Å²) in [4.78, 5) is 43.9. The van der Waals surface area contributed by atoms with E-state index in [4.69, 9.17) is 18.9 Å². The van der Waals surface area contributed by atoms with Crippen LogP contribution in [0.5, 0.6) is 11.5 Å². The summed E-state index contributed by atoms with van der Waals surface area (Å²) in [6, 6.07) is 11.5. The minimum atomic E-state index is -0.995. The van der Waals surface area contributed by atoms with Gasteiger partial charge in [-0.25, -0.2) is 20.0 Å². The molecule has 0 aliphatic rings. The number of carbonyl (C=O) groups excluding carboxylic acids is 3. The number of aromatic amines is 1. The Morgan fingerprint density at radius 1 is 1.10 bits per heavy atom. The molecule has 0 fully saturated rings. The number of hydrogen-bond acceptors (Lipinski definition) is 9. The zero-order valence-electron chi connectivity index (χ0n) is 22.0. The zero-order chi connectivity index (χ0) is 28.7. The number of esters is 1. The van der Waals surface area contributed by atoms with Gasteiger partial charge in [0.05, 0.1) is 30.2 Å². The van der Waals surface area contributed by atoms with Crippen LogP contribution in [0.1, 0.15) is 30.7 Å². The Labute approximate surface area is 239 Å². The van der Waals surface area contributed by atoms with E-state index in [0.29, 0.717) is 33.8 Å². The van der Waals surface area contributed by atoms with Crippen LogP contribution in [0.25, 0.3) is 0 Å². The SMILES string of the molecule is CCOC(=O)COc1c(Br)cc(/C=N\NC(=O)[C@H](Cc2cnc[nH]2)NC(=O)OCc2ccccc2)cc1OCC. The van der Waals surface area contributed by atoms with Crippen molar-refractivity contribution < 1.29 is 33.3 Å². The second-order valence-electron chi connectivity index (χ2n) is 8.13. The molecule has 0 aliphatic carbocycles. The number of halogens is 1.